The highest BCUT2D eigenvalue weighted by atomic mass is 16.5. The Labute approximate surface area is 158 Å². The number of hydrogen-bond acceptors (Lipinski definition) is 2. The van der Waals surface area contributed by atoms with E-state index in [1.54, 1.807) is 18.2 Å². The van der Waals surface area contributed by atoms with E-state index in [2.05, 4.69) is 13.5 Å². The van der Waals surface area contributed by atoms with Gasteiger partial charge in [-0.2, -0.15) is 0 Å². The standard InChI is InChI=1S/C24H32O2/c1-3-5-6-7-8-15-20-23(4-2,21-16-11-9-12-17-21)24(25,26)22-18-13-10-14-19-22/h4,9-14,16-19,25-26H,2-3,5-8,15,20H2,1H3. The monoisotopic (exact) mass is 352 g/mol. The second-order valence-corrected chi connectivity index (χ2v) is 7.10. The molecule has 0 spiro atoms. The summed E-state index contributed by atoms with van der Waals surface area (Å²) in [6.07, 6.45) is 9.31. The van der Waals surface area contributed by atoms with E-state index in [0.29, 0.717) is 12.0 Å². The van der Waals surface area contributed by atoms with Crippen molar-refractivity contribution < 1.29 is 10.2 Å². The number of unbranched alkanes of at least 4 members (excludes halogenated alkanes) is 5. The molecule has 0 aliphatic heterocycles. The van der Waals surface area contributed by atoms with Crippen LogP contribution in [0.3, 0.4) is 0 Å². The lowest BCUT2D eigenvalue weighted by Crippen LogP contribution is -2.48. The number of hydrogen-bond donors (Lipinski definition) is 2. The fourth-order valence-electron chi connectivity index (χ4n) is 3.73. The third-order valence-electron chi connectivity index (χ3n) is 5.36. The molecule has 0 radical (unpaired) electrons. The largest absolute Gasteiger partial charge is 0.361 e. The molecule has 2 N–H and O–H groups in total. The molecule has 2 nitrogen and oxygen atoms in total. The quantitative estimate of drug-likeness (QED) is 0.309. The molecular formula is C24H32O2. The minimum Gasteiger partial charge on any atom is -0.361 e. The van der Waals surface area contributed by atoms with Gasteiger partial charge in [0.2, 0.25) is 5.79 Å². The van der Waals surface area contributed by atoms with E-state index in [1.165, 1.54) is 25.7 Å². The first-order valence-corrected chi connectivity index (χ1v) is 9.78. The van der Waals surface area contributed by atoms with E-state index >= 15 is 0 Å². The zero-order valence-electron chi connectivity index (χ0n) is 15.9. The van der Waals surface area contributed by atoms with Gasteiger partial charge >= 0.3 is 0 Å². The molecule has 0 bridgehead atoms. The summed E-state index contributed by atoms with van der Waals surface area (Å²) >= 11 is 0. The van der Waals surface area contributed by atoms with Crippen LogP contribution in [0.5, 0.6) is 0 Å². The third kappa shape index (κ3) is 4.44. The van der Waals surface area contributed by atoms with Crippen LogP contribution < -0.4 is 0 Å². The second kappa shape index (κ2) is 9.70. The fourth-order valence-corrected chi connectivity index (χ4v) is 3.73. The van der Waals surface area contributed by atoms with Crippen LogP contribution in [-0.4, -0.2) is 10.2 Å². The molecule has 2 rings (SSSR count). The van der Waals surface area contributed by atoms with Crippen LogP contribution in [0.25, 0.3) is 0 Å². The average Bonchev–Trinajstić information content (AvgIpc) is 2.69. The lowest BCUT2D eigenvalue weighted by Gasteiger charge is -2.43. The van der Waals surface area contributed by atoms with Gasteiger partial charge in [-0.25, -0.2) is 0 Å². The van der Waals surface area contributed by atoms with Crippen molar-refractivity contribution in [2.24, 2.45) is 0 Å². The molecule has 0 amide bonds. The van der Waals surface area contributed by atoms with Gasteiger partial charge in [0.25, 0.3) is 0 Å². The summed E-state index contributed by atoms with van der Waals surface area (Å²) in [5, 5.41) is 22.5. The molecule has 2 aromatic carbocycles. The number of aliphatic hydroxyl groups is 2. The van der Waals surface area contributed by atoms with Gasteiger partial charge in [0.1, 0.15) is 0 Å². The molecule has 0 aromatic heterocycles. The zero-order chi connectivity index (χ0) is 18.9. The molecule has 2 aromatic rings. The Morgan fingerprint density at radius 3 is 1.81 bits per heavy atom. The minimum absolute atomic E-state index is 0.495. The molecule has 26 heavy (non-hydrogen) atoms. The number of benzene rings is 2. The van der Waals surface area contributed by atoms with Crippen molar-refractivity contribution in [3.8, 4) is 0 Å². The van der Waals surface area contributed by atoms with Crippen molar-refractivity contribution in [1.29, 1.82) is 0 Å². The Hall–Kier alpha value is -1.90. The summed E-state index contributed by atoms with van der Waals surface area (Å²) in [6.45, 7) is 6.22. The van der Waals surface area contributed by atoms with Crippen LogP contribution in [0, 0.1) is 0 Å². The lowest BCUT2D eigenvalue weighted by atomic mass is 9.67. The van der Waals surface area contributed by atoms with Crippen molar-refractivity contribution in [1.82, 2.24) is 0 Å². The SMILES string of the molecule is C=CC(CCCCCCCC)(c1ccccc1)C(O)(O)c1ccccc1. The number of rotatable bonds is 11. The molecule has 0 saturated carbocycles. The van der Waals surface area contributed by atoms with E-state index in [0.717, 1.165) is 18.4 Å². The summed E-state index contributed by atoms with van der Waals surface area (Å²) in [4.78, 5) is 0. The van der Waals surface area contributed by atoms with Crippen LogP contribution in [-0.2, 0) is 11.2 Å². The Bertz CT molecular complexity index is 648. The predicted octanol–water partition coefficient (Wildman–Crippen LogP) is 5.70. The highest BCUT2D eigenvalue weighted by Gasteiger charge is 2.49. The predicted molar refractivity (Wildman–Crippen MR) is 109 cm³/mol. The maximum absolute atomic E-state index is 11.3. The van der Waals surface area contributed by atoms with Gasteiger partial charge in [0.15, 0.2) is 0 Å². The fraction of sp³-hybridized carbons (Fsp3) is 0.417. The molecule has 1 unspecified atom stereocenters. The minimum atomic E-state index is -2.01. The van der Waals surface area contributed by atoms with Gasteiger partial charge < -0.3 is 10.2 Å². The summed E-state index contributed by atoms with van der Waals surface area (Å²) in [5.41, 5.74) is 0.438. The first-order valence-electron chi connectivity index (χ1n) is 9.78. The van der Waals surface area contributed by atoms with Gasteiger partial charge in [-0.15, -0.1) is 6.58 Å². The summed E-state index contributed by atoms with van der Waals surface area (Å²) < 4.78 is 0. The van der Waals surface area contributed by atoms with E-state index in [-0.39, 0.29) is 0 Å². The molecule has 0 saturated heterocycles. The molecule has 2 heteroatoms. The van der Waals surface area contributed by atoms with E-state index in [9.17, 15) is 10.2 Å². The van der Waals surface area contributed by atoms with Crippen molar-refractivity contribution in [3.63, 3.8) is 0 Å². The van der Waals surface area contributed by atoms with Crippen molar-refractivity contribution in [2.75, 3.05) is 0 Å². The Balaban J connectivity index is 2.31. The average molecular weight is 353 g/mol. The lowest BCUT2D eigenvalue weighted by molar-refractivity contribution is -0.213. The van der Waals surface area contributed by atoms with Crippen LogP contribution >= 0.6 is 0 Å². The van der Waals surface area contributed by atoms with Crippen LogP contribution in [0.2, 0.25) is 0 Å². The summed E-state index contributed by atoms with van der Waals surface area (Å²) in [6, 6.07) is 18.8. The Kier molecular flexibility index (Phi) is 7.62. The molecular weight excluding hydrogens is 320 g/mol. The van der Waals surface area contributed by atoms with E-state index in [4.69, 9.17) is 0 Å². The molecule has 0 heterocycles. The maximum Gasteiger partial charge on any atom is 0.203 e. The molecule has 140 valence electrons. The molecule has 0 fully saturated rings. The van der Waals surface area contributed by atoms with E-state index in [1.807, 2.05) is 48.5 Å². The normalized spacial score (nSPS) is 14.0. The highest BCUT2D eigenvalue weighted by molar-refractivity contribution is 5.38. The first-order chi connectivity index (χ1) is 12.6. The van der Waals surface area contributed by atoms with Crippen LogP contribution in [0.15, 0.2) is 73.3 Å². The topological polar surface area (TPSA) is 40.5 Å². The van der Waals surface area contributed by atoms with Gasteiger partial charge in [0, 0.05) is 5.56 Å². The van der Waals surface area contributed by atoms with Crippen molar-refractivity contribution in [2.45, 2.75) is 63.1 Å². The van der Waals surface area contributed by atoms with Crippen LogP contribution in [0.4, 0.5) is 0 Å². The second-order valence-electron chi connectivity index (χ2n) is 7.10. The van der Waals surface area contributed by atoms with Crippen molar-refractivity contribution in [3.05, 3.63) is 84.4 Å². The highest BCUT2D eigenvalue weighted by Crippen LogP contribution is 2.45. The molecule has 0 aliphatic carbocycles. The summed E-state index contributed by atoms with van der Waals surface area (Å²) in [5.74, 6) is -2.01. The third-order valence-corrected chi connectivity index (χ3v) is 5.36. The van der Waals surface area contributed by atoms with Gasteiger partial charge in [0.05, 0.1) is 5.41 Å². The molecule has 0 aliphatic rings. The smallest absolute Gasteiger partial charge is 0.203 e. The van der Waals surface area contributed by atoms with Crippen molar-refractivity contribution >= 4 is 0 Å². The molecule has 1 atom stereocenters. The van der Waals surface area contributed by atoms with E-state index < -0.39 is 11.2 Å². The van der Waals surface area contributed by atoms with Gasteiger partial charge in [-0.05, 0) is 12.0 Å². The zero-order valence-corrected chi connectivity index (χ0v) is 15.9. The first kappa shape index (κ1) is 20.4. The van der Waals surface area contributed by atoms with Gasteiger partial charge in [-0.1, -0.05) is 112 Å². The van der Waals surface area contributed by atoms with Gasteiger partial charge in [-0.3, -0.25) is 0 Å². The maximum atomic E-state index is 11.3. The van der Waals surface area contributed by atoms with Crippen LogP contribution in [0.1, 0.15) is 63.0 Å². The Morgan fingerprint density at radius 2 is 1.27 bits per heavy atom. The Morgan fingerprint density at radius 1 is 0.769 bits per heavy atom. The summed E-state index contributed by atoms with van der Waals surface area (Å²) in [7, 11) is 0.